The van der Waals surface area contributed by atoms with Crippen LogP contribution in [0.4, 0.5) is 5.82 Å². The van der Waals surface area contributed by atoms with Crippen molar-refractivity contribution >= 4 is 42.0 Å². The first-order valence-electron chi connectivity index (χ1n) is 19.5. The van der Waals surface area contributed by atoms with Gasteiger partial charge < -0.3 is 30.7 Å². The molecule has 5 N–H and O–H groups in total. The number of nitrogen functional groups attached to an aromatic ring is 1. The van der Waals surface area contributed by atoms with Gasteiger partial charge in [0, 0.05) is 55.0 Å². The van der Waals surface area contributed by atoms with Crippen molar-refractivity contribution in [2.45, 2.75) is 76.6 Å². The Labute approximate surface area is 326 Å². The molecule has 0 aliphatic carbocycles. The monoisotopic (exact) mass is 765 g/mol. The van der Waals surface area contributed by atoms with Gasteiger partial charge in [0.1, 0.15) is 5.82 Å². The van der Waals surface area contributed by atoms with E-state index in [1.165, 1.54) is 16.7 Å². The van der Waals surface area contributed by atoms with Crippen LogP contribution in [0.25, 0.3) is 0 Å². The number of pyridine rings is 1. The van der Waals surface area contributed by atoms with Crippen molar-refractivity contribution in [3.05, 3.63) is 93.6 Å². The number of carbonyl (C=O) groups excluding carboxylic acids is 1. The Balaban J connectivity index is 0.000000231. The van der Waals surface area contributed by atoms with Crippen molar-refractivity contribution in [2.75, 3.05) is 58.2 Å². The van der Waals surface area contributed by atoms with E-state index in [2.05, 4.69) is 43.9 Å². The molecule has 0 saturated carbocycles. The molecule has 53 heavy (non-hydrogen) atoms. The first-order chi connectivity index (χ1) is 25.6. The minimum Gasteiger partial charge on any atom is -0.437 e. The van der Waals surface area contributed by atoms with Crippen LogP contribution in [0.15, 0.2) is 66.9 Å². The van der Waals surface area contributed by atoms with Crippen LogP contribution in [0, 0.1) is 17.8 Å². The molecule has 4 heterocycles. The van der Waals surface area contributed by atoms with Crippen LogP contribution in [-0.4, -0.2) is 100 Å². The minimum atomic E-state index is -0.359. The van der Waals surface area contributed by atoms with Crippen LogP contribution >= 0.6 is 23.2 Å². The average Bonchev–Trinajstić information content (AvgIpc) is 3.17. The second-order valence-electron chi connectivity index (χ2n) is 15.1. The second-order valence-corrected chi connectivity index (χ2v) is 16.0. The van der Waals surface area contributed by atoms with Gasteiger partial charge in [0.2, 0.25) is 5.91 Å². The number of amides is 1. The Morgan fingerprint density at radius 3 is 1.74 bits per heavy atom. The van der Waals surface area contributed by atoms with E-state index in [0.29, 0.717) is 35.4 Å². The quantitative estimate of drug-likeness (QED) is 0.153. The number of hydrogen-bond acceptors (Lipinski definition) is 8. The highest BCUT2D eigenvalue weighted by atomic mass is 35.5. The van der Waals surface area contributed by atoms with E-state index in [0.717, 1.165) is 107 Å². The second kappa shape index (κ2) is 20.8. The fourth-order valence-electron chi connectivity index (χ4n) is 8.71. The number of nitrogens with zero attached hydrogens (tertiary/aromatic N) is 4. The SMILES string of the molecule is CB(O)N1CCC(C(CCO)c2ccc(Cl)cc2)CC1.Nc1cc(CN2CCC(C(=O)N3CCC(C(CCO)c4ccc(Cl)cc4)CC3)CC2)ccn1. The van der Waals surface area contributed by atoms with E-state index in [1.807, 2.05) is 43.2 Å². The molecule has 3 fully saturated rings. The molecule has 0 bridgehead atoms. The Hall–Kier alpha value is -2.70. The summed E-state index contributed by atoms with van der Waals surface area (Å²) in [5.74, 6) is 2.76. The van der Waals surface area contributed by atoms with Crippen LogP contribution in [0.5, 0.6) is 0 Å². The van der Waals surface area contributed by atoms with Crippen LogP contribution in [-0.2, 0) is 11.3 Å². The number of rotatable bonds is 12. The molecule has 3 aliphatic heterocycles. The lowest BCUT2D eigenvalue weighted by atomic mass is 9.75. The fraction of sp³-hybridized carbons (Fsp3) is 0.561. The van der Waals surface area contributed by atoms with Crippen molar-refractivity contribution in [3.63, 3.8) is 0 Å². The highest BCUT2D eigenvalue weighted by molar-refractivity contribution is 6.45. The van der Waals surface area contributed by atoms with E-state index in [1.54, 1.807) is 6.20 Å². The van der Waals surface area contributed by atoms with Gasteiger partial charge in [0.25, 0.3) is 0 Å². The van der Waals surface area contributed by atoms with Crippen LogP contribution < -0.4 is 5.73 Å². The third-order valence-electron chi connectivity index (χ3n) is 11.8. The number of halogens is 2. The van der Waals surface area contributed by atoms with Gasteiger partial charge in [-0.3, -0.25) is 9.69 Å². The van der Waals surface area contributed by atoms with Gasteiger partial charge in [-0.25, -0.2) is 4.98 Å². The number of carbonyl (C=O) groups is 1. The lowest BCUT2D eigenvalue weighted by Crippen LogP contribution is -2.45. The molecule has 2 unspecified atom stereocenters. The van der Waals surface area contributed by atoms with E-state index < -0.39 is 0 Å². The Kier molecular flexibility index (Phi) is 16.3. The lowest BCUT2D eigenvalue weighted by molar-refractivity contribution is -0.138. The number of aliphatic hydroxyl groups is 2. The summed E-state index contributed by atoms with van der Waals surface area (Å²) >= 11 is 12.0. The molecule has 1 aromatic heterocycles. The molecule has 3 aliphatic rings. The molecule has 3 aromatic rings. The van der Waals surface area contributed by atoms with Crippen molar-refractivity contribution in [3.8, 4) is 0 Å². The van der Waals surface area contributed by atoms with E-state index in [-0.39, 0.29) is 26.2 Å². The number of piperidine rings is 3. The standard InChI is InChI=1S/C26H35ClN4O2.C15H23BClNO2/c27-23-3-1-20(2-4-23)24(10-16-32)21-8-14-31(15-9-21)26(33)22-6-12-30(13-7-22)18-19-5-11-29-25(28)17-19;1-16(20)18-9-6-13(7-10-18)15(8-11-19)12-2-4-14(17)5-3-12/h1-5,11,17,21-22,24,32H,6-10,12-16,18H2,(H2,28,29);2-5,13,15,19-20H,6-11H2,1H3. The topological polar surface area (TPSA) is 126 Å². The molecular formula is C41H58BCl2N5O4. The van der Waals surface area contributed by atoms with Gasteiger partial charge in [0.05, 0.1) is 0 Å². The molecule has 12 heteroatoms. The largest absolute Gasteiger partial charge is 0.437 e. The number of likely N-dealkylation sites (tertiary alicyclic amines) is 2. The minimum absolute atomic E-state index is 0.129. The number of nitrogens with two attached hydrogens (primary N) is 1. The number of aromatic nitrogens is 1. The van der Waals surface area contributed by atoms with Gasteiger partial charge in [-0.15, -0.1) is 0 Å². The zero-order valence-electron chi connectivity index (χ0n) is 31.2. The molecule has 6 rings (SSSR count). The van der Waals surface area contributed by atoms with Gasteiger partial charge in [-0.05, 0) is 161 Å². The summed E-state index contributed by atoms with van der Waals surface area (Å²) in [6.45, 7) is 8.43. The smallest absolute Gasteiger partial charge is 0.376 e. The van der Waals surface area contributed by atoms with Crippen LogP contribution in [0.3, 0.4) is 0 Å². The highest BCUT2D eigenvalue weighted by Crippen LogP contribution is 2.37. The third kappa shape index (κ3) is 12.1. The predicted molar refractivity (Wildman–Crippen MR) is 216 cm³/mol. The van der Waals surface area contributed by atoms with E-state index in [9.17, 15) is 20.0 Å². The van der Waals surface area contributed by atoms with Gasteiger partial charge >= 0.3 is 7.05 Å². The van der Waals surface area contributed by atoms with Gasteiger partial charge in [-0.1, -0.05) is 47.5 Å². The number of benzene rings is 2. The number of anilines is 1. The summed E-state index contributed by atoms with van der Waals surface area (Å²) in [7, 11) is -0.359. The van der Waals surface area contributed by atoms with E-state index >= 15 is 0 Å². The lowest BCUT2D eigenvalue weighted by Gasteiger charge is -2.39. The zero-order chi connectivity index (χ0) is 37.7. The number of hydrogen-bond donors (Lipinski definition) is 4. The summed E-state index contributed by atoms with van der Waals surface area (Å²) in [6.07, 6.45) is 9.24. The van der Waals surface area contributed by atoms with Crippen molar-refractivity contribution in [2.24, 2.45) is 17.8 Å². The maximum Gasteiger partial charge on any atom is 0.376 e. The Morgan fingerprint density at radius 2 is 1.28 bits per heavy atom. The molecule has 288 valence electrons. The zero-order valence-corrected chi connectivity index (χ0v) is 32.7. The average molecular weight is 767 g/mol. The summed E-state index contributed by atoms with van der Waals surface area (Å²) in [5.41, 5.74) is 9.47. The Bertz CT molecular complexity index is 1530. The highest BCUT2D eigenvalue weighted by Gasteiger charge is 2.34. The van der Waals surface area contributed by atoms with Crippen LogP contribution in [0.1, 0.15) is 79.9 Å². The number of aliphatic hydroxyl groups excluding tert-OH is 2. The predicted octanol–water partition coefficient (Wildman–Crippen LogP) is 6.56. The van der Waals surface area contributed by atoms with Crippen molar-refractivity contribution < 1.29 is 20.0 Å². The van der Waals surface area contributed by atoms with E-state index in [4.69, 9.17) is 28.9 Å². The molecule has 1 amide bonds. The summed E-state index contributed by atoms with van der Waals surface area (Å²) in [6, 6.07) is 19.9. The van der Waals surface area contributed by atoms with Gasteiger partial charge in [-0.2, -0.15) is 0 Å². The molecule has 0 radical (unpaired) electrons. The van der Waals surface area contributed by atoms with Gasteiger partial charge in [0.15, 0.2) is 0 Å². The Morgan fingerprint density at radius 1 is 0.792 bits per heavy atom. The molecule has 9 nitrogen and oxygen atoms in total. The maximum absolute atomic E-state index is 13.2. The molecule has 2 aromatic carbocycles. The maximum atomic E-state index is 13.2. The first kappa shape index (κ1) is 41.5. The fourth-order valence-corrected chi connectivity index (χ4v) is 8.96. The van der Waals surface area contributed by atoms with Crippen LogP contribution in [0.2, 0.25) is 16.9 Å². The normalized spacial score (nSPS) is 19.3. The molecule has 0 spiro atoms. The molecule has 2 atom stereocenters. The third-order valence-corrected chi connectivity index (χ3v) is 12.3. The molecular weight excluding hydrogens is 708 g/mol. The summed E-state index contributed by atoms with van der Waals surface area (Å²) < 4.78 is 0. The summed E-state index contributed by atoms with van der Waals surface area (Å²) in [5, 5.41) is 30.1. The van der Waals surface area contributed by atoms with Crippen molar-refractivity contribution in [1.29, 1.82) is 0 Å². The van der Waals surface area contributed by atoms with Crippen molar-refractivity contribution in [1.82, 2.24) is 19.6 Å². The summed E-state index contributed by atoms with van der Waals surface area (Å²) in [4.78, 5) is 23.8. The first-order valence-corrected chi connectivity index (χ1v) is 20.3. The molecule has 3 saturated heterocycles.